The van der Waals surface area contributed by atoms with E-state index in [0.717, 1.165) is 11.1 Å². The molecule has 0 aromatic heterocycles. The molecule has 2 rings (SSSR count). The third-order valence-electron chi connectivity index (χ3n) is 6.16. The molecule has 2 aromatic rings. The Morgan fingerprint density at radius 1 is 0.744 bits per heavy atom. The van der Waals surface area contributed by atoms with E-state index in [9.17, 15) is 19.2 Å². The lowest BCUT2D eigenvalue weighted by molar-refractivity contribution is -0.133. The molecule has 0 saturated heterocycles. The van der Waals surface area contributed by atoms with Crippen LogP contribution in [0.4, 0.5) is 0 Å². The fraction of sp³-hybridized carbons (Fsp3) is 0.448. The number of hydrogen-bond acceptors (Lipinski definition) is 6. The number of nitrogens with one attached hydrogen (secondary N) is 3. The van der Waals surface area contributed by atoms with Crippen LogP contribution in [-0.4, -0.2) is 59.8 Å². The number of benzene rings is 2. The molecule has 39 heavy (non-hydrogen) atoms. The molecule has 0 aliphatic heterocycles. The predicted octanol–water partition coefficient (Wildman–Crippen LogP) is 1.54. The van der Waals surface area contributed by atoms with Crippen LogP contribution in [0.1, 0.15) is 37.8 Å². The zero-order valence-corrected chi connectivity index (χ0v) is 23.7. The highest BCUT2D eigenvalue weighted by molar-refractivity contribution is 7.98. The number of hydrogen-bond donors (Lipinski definition) is 5. The molecular formula is C29H41N5O4S. The van der Waals surface area contributed by atoms with Crippen LogP contribution in [0.15, 0.2) is 60.7 Å². The van der Waals surface area contributed by atoms with Crippen LogP contribution < -0.4 is 27.4 Å². The summed E-state index contributed by atoms with van der Waals surface area (Å²) in [6.45, 7) is 3.86. The van der Waals surface area contributed by atoms with Gasteiger partial charge in [0.1, 0.15) is 18.1 Å². The van der Waals surface area contributed by atoms with E-state index < -0.39 is 47.8 Å². The van der Waals surface area contributed by atoms with E-state index in [2.05, 4.69) is 16.0 Å². The SMILES string of the molecule is CSCC[C@H](NC(=O)[C@H](CC(C)C)NC(=O)[C@H](Cc1ccccc1)NC(=O)[C@@H](N)Cc1ccccc1)C(N)=O. The molecule has 0 bridgehead atoms. The van der Waals surface area contributed by atoms with Crippen molar-refractivity contribution in [3.05, 3.63) is 71.8 Å². The molecule has 0 fully saturated rings. The second kappa shape index (κ2) is 16.6. The topological polar surface area (TPSA) is 156 Å². The summed E-state index contributed by atoms with van der Waals surface area (Å²) in [6.07, 6.45) is 3.15. The van der Waals surface area contributed by atoms with Gasteiger partial charge < -0.3 is 27.4 Å². The van der Waals surface area contributed by atoms with Gasteiger partial charge in [0.15, 0.2) is 0 Å². The maximum Gasteiger partial charge on any atom is 0.243 e. The van der Waals surface area contributed by atoms with Gasteiger partial charge in [-0.1, -0.05) is 74.5 Å². The Balaban J connectivity index is 2.19. The molecule has 212 valence electrons. The molecule has 7 N–H and O–H groups in total. The highest BCUT2D eigenvalue weighted by Gasteiger charge is 2.30. The van der Waals surface area contributed by atoms with Gasteiger partial charge in [0, 0.05) is 6.42 Å². The number of carbonyl (C=O) groups excluding carboxylic acids is 4. The molecule has 0 radical (unpaired) electrons. The van der Waals surface area contributed by atoms with E-state index >= 15 is 0 Å². The predicted molar refractivity (Wildman–Crippen MR) is 156 cm³/mol. The number of rotatable bonds is 16. The molecule has 0 unspecified atom stereocenters. The van der Waals surface area contributed by atoms with E-state index in [1.54, 1.807) is 0 Å². The maximum absolute atomic E-state index is 13.5. The van der Waals surface area contributed by atoms with Crippen molar-refractivity contribution in [3.63, 3.8) is 0 Å². The summed E-state index contributed by atoms with van der Waals surface area (Å²) in [6, 6.07) is 15.1. The number of carbonyl (C=O) groups is 4. The van der Waals surface area contributed by atoms with Gasteiger partial charge in [-0.2, -0.15) is 11.8 Å². The van der Waals surface area contributed by atoms with E-state index in [-0.39, 0.29) is 12.3 Å². The Morgan fingerprint density at radius 2 is 1.23 bits per heavy atom. The summed E-state index contributed by atoms with van der Waals surface area (Å²) in [5.74, 6) is -1.39. The summed E-state index contributed by atoms with van der Waals surface area (Å²) in [5.41, 5.74) is 13.4. The van der Waals surface area contributed by atoms with Crippen molar-refractivity contribution in [1.82, 2.24) is 16.0 Å². The van der Waals surface area contributed by atoms with Gasteiger partial charge in [-0.25, -0.2) is 0 Å². The monoisotopic (exact) mass is 555 g/mol. The second-order valence-corrected chi connectivity index (χ2v) is 11.0. The standard InChI is InChI=1S/C29H41N5O4S/c1-19(2)16-24(28(37)32-23(26(31)35)14-15-39-3)34-29(38)25(18-21-12-8-5-9-13-21)33-27(36)22(30)17-20-10-6-4-7-11-20/h4-13,19,22-25H,14-18,30H2,1-3H3,(H2,31,35)(H,32,37)(H,33,36)(H,34,38)/t22-,23-,24-,25-/m0/s1. The van der Waals surface area contributed by atoms with E-state index in [0.29, 0.717) is 25.0 Å². The van der Waals surface area contributed by atoms with Gasteiger partial charge in [0.05, 0.1) is 6.04 Å². The van der Waals surface area contributed by atoms with Crippen LogP contribution in [0.5, 0.6) is 0 Å². The first kappa shape index (κ1) is 31.8. The Morgan fingerprint density at radius 3 is 1.74 bits per heavy atom. The summed E-state index contributed by atoms with van der Waals surface area (Å²) in [5, 5.41) is 8.27. The van der Waals surface area contributed by atoms with Crippen LogP contribution in [0.25, 0.3) is 0 Å². The fourth-order valence-corrected chi connectivity index (χ4v) is 4.54. The minimum atomic E-state index is -0.965. The minimum Gasteiger partial charge on any atom is -0.368 e. The fourth-order valence-electron chi connectivity index (χ4n) is 4.07. The average molecular weight is 556 g/mol. The maximum atomic E-state index is 13.5. The molecule has 10 heteroatoms. The highest BCUT2D eigenvalue weighted by atomic mass is 32.2. The van der Waals surface area contributed by atoms with Crippen molar-refractivity contribution in [3.8, 4) is 0 Å². The largest absolute Gasteiger partial charge is 0.368 e. The Bertz CT molecular complexity index is 1070. The number of nitrogens with two attached hydrogens (primary N) is 2. The van der Waals surface area contributed by atoms with Crippen molar-refractivity contribution in [2.45, 2.75) is 63.7 Å². The lowest BCUT2D eigenvalue weighted by atomic mass is 10.00. The first-order valence-corrected chi connectivity index (χ1v) is 14.5. The van der Waals surface area contributed by atoms with Crippen LogP contribution >= 0.6 is 11.8 Å². The highest BCUT2D eigenvalue weighted by Crippen LogP contribution is 2.10. The van der Waals surface area contributed by atoms with Gasteiger partial charge in [0.25, 0.3) is 0 Å². The molecule has 0 heterocycles. The van der Waals surface area contributed by atoms with E-state index in [1.165, 1.54) is 11.8 Å². The average Bonchev–Trinajstić information content (AvgIpc) is 2.90. The van der Waals surface area contributed by atoms with Crippen molar-refractivity contribution in [1.29, 1.82) is 0 Å². The number of primary amides is 1. The van der Waals surface area contributed by atoms with Gasteiger partial charge in [-0.3, -0.25) is 19.2 Å². The van der Waals surface area contributed by atoms with Crippen LogP contribution in [0.2, 0.25) is 0 Å². The van der Waals surface area contributed by atoms with Gasteiger partial charge in [-0.15, -0.1) is 0 Å². The summed E-state index contributed by atoms with van der Waals surface area (Å²) >= 11 is 1.54. The molecule has 4 atom stereocenters. The molecule has 4 amide bonds. The van der Waals surface area contributed by atoms with E-state index in [1.807, 2.05) is 80.8 Å². The summed E-state index contributed by atoms with van der Waals surface area (Å²) < 4.78 is 0. The first-order chi connectivity index (χ1) is 18.6. The smallest absolute Gasteiger partial charge is 0.243 e. The molecule has 0 spiro atoms. The third kappa shape index (κ3) is 11.5. The van der Waals surface area contributed by atoms with Crippen molar-refractivity contribution in [2.75, 3.05) is 12.0 Å². The normalized spacial score (nSPS) is 14.1. The Kier molecular flexibility index (Phi) is 13.5. The van der Waals surface area contributed by atoms with Crippen LogP contribution in [0, 0.1) is 5.92 Å². The molecular weight excluding hydrogens is 514 g/mol. The lowest BCUT2D eigenvalue weighted by Crippen LogP contribution is -2.58. The minimum absolute atomic E-state index is 0.0701. The zero-order valence-electron chi connectivity index (χ0n) is 22.9. The number of amides is 4. The van der Waals surface area contributed by atoms with Gasteiger partial charge in [-0.05, 0) is 48.3 Å². The van der Waals surface area contributed by atoms with Crippen LogP contribution in [0.3, 0.4) is 0 Å². The molecule has 0 aliphatic rings. The zero-order chi connectivity index (χ0) is 28.8. The molecule has 9 nitrogen and oxygen atoms in total. The Hall–Kier alpha value is -3.37. The molecule has 0 saturated carbocycles. The van der Waals surface area contributed by atoms with Crippen molar-refractivity contribution < 1.29 is 19.2 Å². The molecule has 2 aromatic carbocycles. The number of thioether (sulfide) groups is 1. The van der Waals surface area contributed by atoms with E-state index in [4.69, 9.17) is 11.5 Å². The summed E-state index contributed by atoms with van der Waals surface area (Å²) in [4.78, 5) is 51.6. The second-order valence-electron chi connectivity index (χ2n) is 9.98. The van der Waals surface area contributed by atoms with Gasteiger partial charge >= 0.3 is 0 Å². The van der Waals surface area contributed by atoms with Crippen molar-refractivity contribution >= 4 is 35.4 Å². The van der Waals surface area contributed by atoms with Crippen molar-refractivity contribution in [2.24, 2.45) is 17.4 Å². The first-order valence-electron chi connectivity index (χ1n) is 13.1. The van der Waals surface area contributed by atoms with Crippen LogP contribution in [-0.2, 0) is 32.0 Å². The Labute approximate surface area is 235 Å². The lowest BCUT2D eigenvalue weighted by Gasteiger charge is -2.26. The molecule has 0 aliphatic carbocycles. The quantitative estimate of drug-likeness (QED) is 0.212. The third-order valence-corrected chi connectivity index (χ3v) is 6.81. The summed E-state index contributed by atoms with van der Waals surface area (Å²) in [7, 11) is 0. The van der Waals surface area contributed by atoms with Gasteiger partial charge in [0.2, 0.25) is 23.6 Å².